The third kappa shape index (κ3) is 3.62. The molecule has 3 heterocycles. The summed E-state index contributed by atoms with van der Waals surface area (Å²) < 4.78 is 12.0. The molecule has 2 aliphatic carbocycles. The van der Waals surface area contributed by atoms with E-state index in [1.165, 1.54) is 19.3 Å². The predicted molar refractivity (Wildman–Crippen MR) is 122 cm³/mol. The highest BCUT2D eigenvalue weighted by molar-refractivity contribution is 5.75. The zero-order valence-corrected chi connectivity index (χ0v) is 19.3. The maximum Gasteiger partial charge on any atom is 0.310 e. The van der Waals surface area contributed by atoms with Gasteiger partial charge < -0.3 is 14.4 Å². The highest BCUT2D eigenvalue weighted by Gasteiger charge is 2.65. The van der Waals surface area contributed by atoms with Crippen molar-refractivity contribution in [1.82, 2.24) is 4.90 Å². The van der Waals surface area contributed by atoms with E-state index in [4.69, 9.17) is 9.47 Å². The van der Waals surface area contributed by atoms with Crippen LogP contribution >= 0.6 is 0 Å². The molecule has 0 unspecified atom stereocenters. The average Bonchev–Trinajstić information content (AvgIpc) is 3.51. The molecule has 0 N–H and O–H groups in total. The van der Waals surface area contributed by atoms with Crippen LogP contribution in [0.1, 0.15) is 39.0 Å². The summed E-state index contributed by atoms with van der Waals surface area (Å²) in [7, 11) is 0. The molecule has 5 fully saturated rings. The van der Waals surface area contributed by atoms with Crippen LogP contribution in [-0.4, -0.2) is 66.8 Å². The van der Waals surface area contributed by atoms with E-state index < -0.39 is 0 Å². The molecular weight excluding hydrogens is 422 g/mol. The van der Waals surface area contributed by atoms with Crippen LogP contribution in [0.5, 0.6) is 0 Å². The van der Waals surface area contributed by atoms with Gasteiger partial charge in [-0.15, -0.1) is 0 Å². The largest absolute Gasteiger partial charge is 0.462 e. The van der Waals surface area contributed by atoms with E-state index in [1.807, 2.05) is 12.1 Å². The fourth-order valence-corrected chi connectivity index (χ4v) is 7.42. The highest BCUT2D eigenvalue weighted by Crippen LogP contribution is 2.62. The Kier molecular flexibility index (Phi) is 4.96. The lowest BCUT2D eigenvalue weighted by Gasteiger charge is -2.51. The number of piperazine rings is 1. The average molecular weight is 456 g/mol. The first kappa shape index (κ1) is 21.4. The molecular formula is C25H33N3O5. The van der Waals surface area contributed by atoms with Gasteiger partial charge in [0.05, 0.1) is 23.0 Å². The topological polar surface area (TPSA) is 88.5 Å². The van der Waals surface area contributed by atoms with Crippen molar-refractivity contribution in [3.63, 3.8) is 0 Å². The number of rotatable bonds is 4. The maximum absolute atomic E-state index is 12.9. The SMILES string of the molecule is C[C@]12CCC[C@]3(CO3)[C@@H]1C[C@@H]1[C@H](CN3CCN(c4ccc([N+](=O)[O-])cc4)CC3)C(=O)O[C@@H]1C2. The number of benzene rings is 1. The molecule has 0 amide bonds. The molecule has 2 saturated carbocycles. The number of nitrogens with zero attached hydrogens (tertiary/aromatic N) is 3. The lowest BCUT2D eigenvalue weighted by Crippen LogP contribution is -2.52. The number of nitro benzene ring substituents is 1. The van der Waals surface area contributed by atoms with Gasteiger partial charge in [0, 0.05) is 56.5 Å². The van der Waals surface area contributed by atoms with Gasteiger partial charge in [0.15, 0.2) is 0 Å². The molecule has 0 aromatic heterocycles. The molecule has 3 saturated heterocycles. The molecule has 0 radical (unpaired) electrons. The van der Waals surface area contributed by atoms with Gasteiger partial charge in [-0.2, -0.15) is 0 Å². The summed E-state index contributed by atoms with van der Waals surface area (Å²) in [6, 6.07) is 6.78. The lowest BCUT2D eigenvalue weighted by molar-refractivity contribution is -0.384. The van der Waals surface area contributed by atoms with E-state index >= 15 is 0 Å². The van der Waals surface area contributed by atoms with Gasteiger partial charge in [0.2, 0.25) is 0 Å². The molecule has 1 aromatic carbocycles. The zero-order chi connectivity index (χ0) is 22.8. The summed E-state index contributed by atoms with van der Waals surface area (Å²) in [5, 5.41) is 10.9. The Hall–Kier alpha value is -2.19. The molecule has 0 bridgehead atoms. The number of ether oxygens (including phenoxy) is 2. The standard InChI is InChI=1S/C25H33N3O5/c1-24-7-2-8-25(16-32-25)22(24)13-19-20(23(29)33-21(19)14-24)15-26-9-11-27(12-10-26)17-3-5-18(6-4-17)28(30)31/h3-6,19-22H,2,7-16H2,1H3/t19-,20+,21-,22-,24-,25+/m1/s1. The Labute approximate surface area is 194 Å². The second-order valence-electron chi connectivity index (χ2n) is 11.2. The highest BCUT2D eigenvalue weighted by atomic mass is 16.6. The van der Waals surface area contributed by atoms with Crippen LogP contribution in [0.25, 0.3) is 0 Å². The van der Waals surface area contributed by atoms with Gasteiger partial charge in [-0.3, -0.25) is 19.8 Å². The maximum atomic E-state index is 12.9. The van der Waals surface area contributed by atoms with E-state index in [-0.39, 0.29) is 39.6 Å². The summed E-state index contributed by atoms with van der Waals surface area (Å²) in [4.78, 5) is 28.1. The molecule has 6 atom stereocenters. The van der Waals surface area contributed by atoms with Gasteiger partial charge in [0.1, 0.15) is 6.10 Å². The normalized spacial score (nSPS) is 40.3. The lowest BCUT2D eigenvalue weighted by atomic mass is 9.53. The number of hydrogen-bond acceptors (Lipinski definition) is 7. The predicted octanol–water partition coefficient (Wildman–Crippen LogP) is 3.24. The summed E-state index contributed by atoms with van der Waals surface area (Å²) in [6.45, 7) is 7.53. The molecule has 1 aromatic rings. The fraction of sp³-hybridized carbons (Fsp3) is 0.720. The number of carbonyl (C=O) groups is 1. The van der Waals surface area contributed by atoms with Gasteiger partial charge >= 0.3 is 5.97 Å². The number of nitro groups is 1. The van der Waals surface area contributed by atoms with Gasteiger partial charge in [0.25, 0.3) is 5.69 Å². The minimum absolute atomic E-state index is 0.00388. The number of hydrogen-bond donors (Lipinski definition) is 0. The van der Waals surface area contributed by atoms with Crippen molar-refractivity contribution in [2.24, 2.45) is 23.2 Å². The summed E-state index contributed by atoms with van der Waals surface area (Å²) in [6.07, 6.45) is 5.73. The second-order valence-corrected chi connectivity index (χ2v) is 11.2. The van der Waals surface area contributed by atoms with Crippen LogP contribution in [0.4, 0.5) is 11.4 Å². The van der Waals surface area contributed by atoms with Crippen molar-refractivity contribution in [2.75, 3.05) is 44.2 Å². The Bertz CT molecular complexity index is 940. The Morgan fingerprint density at radius 3 is 2.55 bits per heavy atom. The third-order valence-electron chi connectivity index (χ3n) is 9.33. The molecule has 3 aliphatic heterocycles. The first-order valence-corrected chi connectivity index (χ1v) is 12.4. The number of epoxide rings is 1. The molecule has 5 aliphatic rings. The smallest absolute Gasteiger partial charge is 0.310 e. The van der Waals surface area contributed by atoms with E-state index in [1.54, 1.807) is 12.1 Å². The molecule has 33 heavy (non-hydrogen) atoms. The number of anilines is 1. The van der Waals surface area contributed by atoms with Crippen molar-refractivity contribution in [3.05, 3.63) is 34.4 Å². The van der Waals surface area contributed by atoms with Crippen LogP contribution in [0, 0.1) is 33.3 Å². The van der Waals surface area contributed by atoms with Crippen LogP contribution in [0.15, 0.2) is 24.3 Å². The van der Waals surface area contributed by atoms with E-state index in [9.17, 15) is 14.9 Å². The van der Waals surface area contributed by atoms with Gasteiger partial charge in [-0.1, -0.05) is 6.92 Å². The van der Waals surface area contributed by atoms with Crippen molar-refractivity contribution < 1.29 is 19.2 Å². The summed E-state index contributed by atoms with van der Waals surface area (Å²) >= 11 is 0. The zero-order valence-electron chi connectivity index (χ0n) is 19.3. The van der Waals surface area contributed by atoms with Crippen LogP contribution in [0.3, 0.4) is 0 Å². The quantitative estimate of drug-likeness (QED) is 0.298. The van der Waals surface area contributed by atoms with E-state index in [0.29, 0.717) is 11.8 Å². The van der Waals surface area contributed by atoms with Gasteiger partial charge in [-0.25, -0.2) is 0 Å². The van der Waals surface area contributed by atoms with Crippen molar-refractivity contribution in [1.29, 1.82) is 0 Å². The number of fused-ring (bicyclic) bond motifs is 3. The Balaban J connectivity index is 1.09. The monoisotopic (exact) mass is 455 g/mol. The van der Waals surface area contributed by atoms with Crippen molar-refractivity contribution in [2.45, 2.75) is 50.7 Å². The minimum Gasteiger partial charge on any atom is -0.462 e. The number of carbonyl (C=O) groups excluding carboxylic acids is 1. The molecule has 1 spiro atoms. The van der Waals surface area contributed by atoms with E-state index in [0.717, 1.165) is 57.9 Å². The number of esters is 1. The van der Waals surface area contributed by atoms with Crippen LogP contribution in [0.2, 0.25) is 0 Å². The molecule has 8 heteroatoms. The summed E-state index contributed by atoms with van der Waals surface area (Å²) in [5.41, 5.74) is 1.46. The van der Waals surface area contributed by atoms with Crippen molar-refractivity contribution >= 4 is 17.3 Å². The Morgan fingerprint density at radius 1 is 1.15 bits per heavy atom. The molecule has 6 rings (SSSR count). The van der Waals surface area contributed by atoms with E-state index in [2.05, 4.69) is 16.7 Å². The minimum atomic E-state index is -0.367. The summed E-state index contributed by atoms with van der Waals surface area (Å²) in [5.74, 6) is 0.817. The Morgan fingerprint density at radius 2 is 1.88 bits per heavy atom. The fourth-order valence-electron chi connectivity index (χ4n) is 7.42. The third-order valence-corrected chi connectivity index (χ3v) is 9.33. The second kappa shape index (κ2) is 7.67. The molecule has 8 nitrogen and oxygen atoms in total. The first-order chi connectivity index (χ1) is 15.9. The number of non-ortho nitro benzene ring substituents is 1. The molecule has 178 valence electrons. The van der Waals surface area contributed by atoms with Crippen molar-refractivity contribution in [3.8, 4) is 0 Å². The van der Waals surface area contributed by atoms with Crippen LogP contribution < -0.4 is 4.90 Å². The van der Waals surface area contributed by atoms with Gasteiger partial charge in [-0.05, 0) is 55.6 Å². The first-order valence-electron chi connectivity index (χ1n) is 12.4. The van der Waals surface area contributed by atoms with Crippen LogP contribution in [-0.2, 0) is 14.3 Å².